The van der Waals surface area contributed by atoms with Crippen molar-refractivity contribution >= 4 is 12.2 Å². The molecular formula is C21H24N2. The third-order valence-corrected chi connectivity index (χ3v) is 5.64. The van der Waals surface area contributed by atoms with E-state index in [2.05, 4.69) is 78.5 Å². The first-order valence-corrected chi connectivity index (χ1v) is 8.61. The largest absolute Gasteiger partial charge is 0.345 e. The van der Waals surface area contributed by atoms with Crippen LogP contribution in [0.15, 0.2) is 54.4 Å². The van der Waals surface area contributed by atoms with Crippen LogP contribution in [0.5, 0.6) is 0 Å². The molecule has 3 aliphatic rings. The number of H-pyrrole nitrogens is 1. The molecule has 4 unspecified atom stereocenters. The molecule has 0 bridgehead atoms. The molecule has 0 aromatic carbocycles. The SMILES string of the molecule is CC1C=c2[nH]cnc2=CC1C1(C)C=CC(C2C=CC=CC2)=CC1. The first-order chi connectivity index (χ1) is 11.2. The summed E-state index contributed by atoms with van der Waals surface area (Å²) in [5.74, 6) is 1.57. The molecule has 1 aromatic rings. The third-order valence-electron chi connectivity index (χ3n) is 5.64. The maximum Gasteiger partial charge on any atom is 0.0931 e. The average molecular weight is 304 g/mol. The molecule has 0 spiro atoms. The fourth-order valence-corrected chi connectivity index (χ4v) is 4.17. The maximum absolute atomic E-state index is 4.46. The summed E-state index contributed by atoms with van der Waals surface area (Å²) in [6.45, 7) is 4.70. The predicted octanol–water partition coefficient (Wildman–Crippen LogP) is 3.26. The average Bonchev–Trinajstić information content (AvgIpc) is 3.03. The Hall–Kier alpha value is -2.09. The summed E-state index contributed by atoms with van der Waals surface area (Å²) in [5, 5.41) is 2.28. The Labute approximate surface area is 137 Å². The Kier molecular flexibility index (Phi) is 3.48. The number of nitrogens with zero attached hydrogens (tertiary/aromatic N) is 1. The van der Waals surface area contributed by atoms with Crippen molar-refractivity contribution in [2.45, 2.75) is 26.7 Å². The second-order valence-corrected chi connectivity index (χ2v) is 7.32. The van der Waals surface area contributed by atoms with E-state index in [1.54, 1.807) is 6.33 Å². The summed E-state index contributed by atoms with van der Waals surface area (Å²) in [6.07, 6.45) is 24.9. The van der Waals surface area contributed by atoms with E-state index in [4.69, 9.17) is 0 Å². The zero-order valence-corrected chi connectivity index (χ0v) is 13.9. The maximum atomic E-state index is 4.46. The second kappa shape index (κ2) is 5.52. The number of nitrogens with one attached hydrogen (secondary N) is 1. The second-order valence-electron chi connectivity index (χ2n) is 7.32. The minimum Gasteiger partial charge on any atom is -0.345 e. The molecule has 4 rings (SSSR count). The van der Waals surface area contributed by atoms with E-state index in [1.807, 2.05) is 0 Å². The van der Waals surface area contributed by atoms with Gasteiger partial charge in [0.1, 0.15) is 0 Å². The lowest BCUT2D eigenvalue weighted by atomic mass is 9.65. The highest BCUT2D eigenvalue weighted by Gasteiger charge is 2.35. The van der Waals surface area contributed by atoms with Crippen LogP contribution < -0.4 is 10.7 Å². The van der Waals surface area contributed by atoms with Crippen molar-refractivity contribution in [1.29, 1.82) is 0 Å². The molecule has 1 heterocycles. The van der Waals surface area contributed by atoms with Crippen LogP contribution in [0.1, 0.15) is 26.7 Å². The van der Waals surface area contributed by atoms with E-state index in [1.165, 1.54) is 10.9 Å². The highest BCUT2D eigenvalue weighted by Crippen LogP contribution is 2.44. The molecule has 0 aliphatic heterocycles. The highest BCUT2D eigenvalue weighted by molar-refractivity contribution is 5.44. The lowest BCUT2D eigenvalue weighted by Crippen LogP contribution is -2.38. The van der Waals surface area contributed by atoms with Crippen LogP contribution in [0.25, 0.3) is 12.2 Å². The number of fused-ring (bicyclic) bond motifs is 1. The van der Waals surface area contributed by atoms with Crippen LogP contribution >= 0.6 is 0 Å². The van der Waals surface area contributed by atoms with Gasteiger partial charge < -0.3 is 4.98 Å². The molecule has 3 aliphatic carbocycles. The van der Waals surface area contributed by atoms with E-state index in [-0.39, 0.29) is 5.41 Å². The van der Waals surface area contributed by atoms with Crippen LogP contribution in [0, 0.1) is 23.2 Å². The Morgan fingerprint density at radius 1 is 1.26 bits per heavy atom. The number of allylic oxidation sites excluding steroid dienone is 8. The molecule has 23 heavy (non-hydrogen) atoms. The molecule has 0 saturated heterocycles. The summed E-state index contributed by atoms with van der Waals surface area (Å²) in [6, 6.07) is 0. The van der Waals surface area contributed by atoms with E-state index in [0.717, 1.165) is 18.2 Å². The van der Waals surface area contributed by atoms with E-state index >= 15 is 0 Å². The Morgan fingerprint density at radius 3 is 2.91 bits per heavy atom. The van der Waals surface area contributed by atoms with Crippen LogP contribution in [0.2, 0.25) is 0 Å². The molecular weight excluding hydrogens is 280 g/mol. The van der Waals surface area contributed by atoms with Crippen LogP contribution in [0.4, 0.5) is 0 Å². The molecule has 1 aromatic heterocycles. The van der Waals surface area contributed by atoms with Crippen LogP contribution in [0.3, 0.4) is 0 Å². The van der Waals surface area contributed by atoms with Crippen molar-refractivity contribution in [3.8, 4) is 0 Å². The van der Waals surface area contributed by atoms with Crippen LogP contribution in [-0.4, -0.2) is 9.97 Å². The number of rotatable bonds is 2. The summed E-state index contributed by atoms with van der Waals surface area (Å²) in [7, 11) is 0. The molecule has 1 N–H and O–H groups in total. The van der Waals surface area contributed by atoms with Gasteiger partial charge in [0.25, 0.3) is 0 Å². The molecule has 0 amide bonds. The van der Waals surface area contributed by atoms with Gasteiger partial charge in [0.05, 0.1) is 17.0 Å². The quantitative estimate of drug-likeness (QED) is 0.892. The number of imidazole rings is 1. The van der Waals surface area contributed by atoms with Gasteiger partial charge in [-0.25, -0.2) is 4.98 Å². The van der Waals surface area contributed by atoms with Crippen molar-refractivity contribution in [3.63, 3.8) is 0 Å². The summed E-state index contributed by atoms with van der Waals surface area (Å²) >= 11 is 0. The first kappa shape index (κ1) is 14.5. The van der Waals surface area contributed by atoms with Gasteiger partial charge in [0, 0.05) is 5.92 Å². The predicted molar refractivity (Wildman–Crippen MR) is 95.8 cm³/mol. The molecule has 2 nitrogen and oxygen atoms in total. The monoisotopic (exact) mass is 304 g/mol. The van der Waals surface area contributed by atoms with Crippen LogP contribution in [-0.2, 0) is 0 Å². The van der Waals surface area contributed by atoms with Gasteiger partial charge in [0.15, 0.2) is 0 Å². The third kappa shape index (κ3) is 2.56. The molecule has 118 valence electrons. The molecule has 0 fully saturated rings. The van der Waals surface area contributed by atoms with Crippen molar-refractivity contribution < 1.29 is 0 Å². The zero-order chi connectivity index (χ0) is 15.9. The minimum absolute atomic E-state index is 0.171. The van der Waals surface area contributed by atoms with Gasteiger partial charge in [-0.2, -0.15) is 0 Å². The van der Waals surface area contributed by atoms with Gasteiger partial charge in [-0.1, -0.05) is 68.5 Å². The van der Waals surface area contributed by atoms with Crippen molar-refractivity contribution in [2.24, 2.45) is 23.2 Å². The van der Waals surface area contributed by atoms with E-state index in [0.29, 0.717) is 17.8 Å². The van der Waals surface area contributed by atoms with Crippen molar-refractivity contribution in [1.82, 2.24) is 9.97 Å². The van der Waals surface area contributed by atoms with Crippen molar-refractivity contribution in [3.05, 3.63) is 65.1 Å². The van der Waals surface area contributed by atoms with E-state index < -0.39 is 0 Å². The lowest BCUT2D eigenvalue weighted by molar-refractivity contribution is 0.280. The molecule has 0 saturated carbocycles. The lowest BCUT2D eigenvalue weighted by Gasteiger charge is -2.39. The van der Waals surface area contributed by atoms with Gasteiger partial charge in [0.2, 0.25) is 0 Å². The topological polar surface area (TPSA) is 28.7 Å². The molecule has 4 atom stereocenters. The summed E-state index contributed by atoms with van der Waals surface area (Å²) < 4.78 is 0. The molecule has 0 radical (unpaired) electrons. The summed E-state index contributed by atoms with van der Waals surface area (Å²) in [4.78, 5) is 7.69. The number of aromatic nitrogens is 2. The van der Waals surface area contributed by atoms with Gasteiger partial charge in [-0.15, -0.1) is 0 Å². The summed E-state index contributed by atoms with van der Waals surface area (Å²) in [5.41, 5.74) is 1.64. The van der Waals surface area contributed by atoms with Gasteiger partial charge in [-0.05, 0) is 35.7 Å². The normalized spacial score (nSPS) is 35.2. The highest BCUT2D eigenvalue weighted by atomic mass is 14.9. The Morgan fingerprint density at radius 2 is 2.17 bits per heavy atom. The Bertz CT molecular complexity index is 833. The van der Waals surface area contributed by atoms with Gasteiger partial charge >= 0.3 is 0 Å². The fraction of sp³-hybridized carbons (Fsp3) is 0.381. The zero-order valence-electron chi connectivity index (χ0n) is 13.9. The smallest absolute Gasteiger partial charge is 0.0931 e. The Balaban J connectivity index is 1.59. The number of hydrogen-bond acceptors (Lipinski definition) is 1. The van der Waals surface area contributed by atoms with E-state index in [9.17, 15) is 0 Å². The number of aromatic amines is 1. The minimum atomic E-state index is 0.171. The number of hydrogen-bond donors (Lipinski definition) is 1. The molecule has 2 heteroatoms. The van der Waals surface area contributed by atoms with Crippen molar-refractivity contribution in [2.75, 3.05) is 0 Å². The van der Waals surface area contributed by atoms with Gasteiger partial charge in [-0.3, -0.25) is 0 Å². The first-order valence-electron chi connectivity index (χ1n) is 8.61. The fourth-order valence-electron chi connectivity index (χ4n) is 4.17. The standard InChI is InChI=1S/C21H24N2/c1-15-12-19-20(23-14-22-19)13-18(15)21(2)10-8-17(9-11-21)16-6-4-3-5-7-16/h3-6,8-10,12-16,18H,7,11H2,1-2H3,(H,22,23).